The molecule has 2 unspecified atom stereocenters. The molecule has 94 valence electrons. The minimum absolute atomic E-state index is 0.0326. The summed E-state index contributed by atoms with van der Waals surface area (Å²) in [5, 5.41) is 15.8. The molecule has 0 aromatic heterocycles. The van der Waals surface area contributed by atoms with E-state index >= 15 is 0 Å². The van der Waals surface area contributed by atoms with Crippen LogP contribution in [0.1, 0.15) is 0 Å². The predicted octanol–water partition coefficient (Wildman–Crippen LogP) is -1.42. The Balaban J connectivity index is 2.06. The maximum absolute atomic E-state index is 11.4. The number of hydrogen-bond acceptors (Lipinski definition) is 8. The van der Waals surface area contributed by atoms with Crippen LogP contribution < -0.4 is 0 Å². The lowest BCUT2D eigenvalue weighted by molar-refractivity contribution is -0.507. The minimum Gasteiger partial charge on any atom is -0.371 e. The molecule has 2 rings (SSSR count). The van der Waals surface area contributed by atoms with Gasteiger partial charge in [0.15, 0.2) is 9.84 Å². The van der Waals surface area contributed by atoms with Crippen molar-refractivity contribution in [2.24, 2.45) is 0 Å². The molecule has 2 fully saturated rings. The highest BCUT2D eigenvalue weighted by Crippen LogP contribution is 2.32. The van der Waals surface area contributed by atoms with Crippen LogP contribution in [0.2, 0.25) is 0 Å². The van der Waals surface area contributed by atoms with E-state index in [0.29, 0.717) is 0 Å². The summed E-state index contributed by atoms with van der Waals surface area (Å²) in [4.78, 5) is 4.59. The molecule has 9 heteroatoms. The third kappa shape index (κ3) is 2.20. The molecule has 0 bridgehead atoms. The number of sulfone groups is 1. The molecule has 0 radical (unpaired) electrons. The summed E-state index contributed by atoms with van der Waals surface area (Å²) in [7, 11) is -3.25. The van der Waals surface area contributed by atoms with Crippen molar-refractivity contribution in [2.45, 2.75) is 23.6 Å². The molecule has 2 heterocycles. The van der Waals surface area contributed by atoms with E-state index in [1.165, 1.54) is 0 Å². The molecule has 2 saturated heterocycles. The first kappa shape index (κ1) is 12.2. The van der Waals surface area contributed by atoms with Gasteiger partial charge in [-0.2, -0.15) is 0 Å². The second-order valence-corrected chi connectivity index (χ2v) is 6.13. The maximum Gasteiger partial charge on any atom is 0.155 e. The Bertz CT molecular complexity index is 356. The van der Waals surface area contributed by atoms with Crippen molar-refractivity contribution in [3.05, 3.63) is 0 Å². The third-order valence-corrected chi connectivity index (χ3v) is 4.25. The van der Waals surface area contributed by atoms with Crippen molar-refractivity contribution >= 4 is 9.84 Å². The average Bonchev–Trinajstić information content (AvgIpc) is 2.65. The van der Waals surface area contributed by atoms with Crippen molar-refractivity contribution in [3.63, 3.8) is 0 Å². The Morgan fingerprint density at radius 2 is 1.88 bits per heavy atom. The Morgan fingerprint density at radius 3 is 2.44 bits per heavy atom. The quantitative estimate of drug-likeness (QED) is 0.592. The smallest absolute Gasteiger partial charge is 0.155 e. The predicted molar refractivity (Wildman–Crippen MR) is 48.4 cm³/mol. The summed E-state index contributed by atoms with van der Waals surface area (Å²) < 4.78 is 33.3. The first-order valence-electron chi connectivity index (χ1n) is 4.66. The summed E-state index contributed by atoms with van der Waals surface area (Å²) in [6.07, 6.45) is -0.807. The largest absolute Gasteiger partial charge is 0.371 e. The average molecular weight is 255 g/mol. The zero-order chi connectivity index (χ0) is 11.9. The van der Waals surface area contributed by atoms with Crippen LogP contribution in [0.4, 0.5) is 0 Å². The van der Waals surface area contributed by atoms with Gasteiger partial charge in [0, 0.05) is 6.26 Å². The highest BCUT2D eigenvalue weighted by molar-refractivity contribution is 7.91. The van der Waals surface area contributed by atoms with Gasteiger partial charge in [-0.3, -0.25) is 10.4 Å². The van der Waals surface area contributed by atoms with Gasteiger partial charge in [0.2, 0.25) is 0 Å². The van der Waals surface area contributed by atoms with Gasteiger partial charge in [-0.05, 0) is 0 Å². The van der Waals surface area contributed by atoms with Crippen LogP contribution in [-0.2, 0) is 24.1 Å². The van der Waals surface area contributed by atoms with Crippen molar-refractivity contribution in [1.29, 1.82) is 0 Å². The van der Waals surface area contributed by atoms with Gasteiger partial charge in [0.25, 0.3) is 0 Å². The van der Waals surface area contributed by atoms with Crippen LogP contribution in [0.25, 0.3) is 0 Å². The zero-order valence-corrected chi connectivity index (χ0v) is 9.33. The highest BCUT2D eigenvalue weighted by Gasteiger charge is 2.52. The normalized spacial score (nSPS) is 39.2. The lowest BCUT2D eigenvalue weighted by Crippen LogP contribution is -2.38. The Labute approximate surface area is 92.1 Å². The van der Waals surface area contributed by atoms with E-state index in [9.17, 15) is 8.42 Å². The third-order valence-electron chi connectivity index (χ3n) is 2.74. The molecular formula is C7H13NO7S. The first-order chi connectivity index (χ1) is 7.39. The molecule has 0 aromatic rings. The fourth-order valence-electron chi connectivity index (χ4n) is 2.01. The molecule has 0 saturated carbocycles. The van der Waals surface area contributed by atoms with Gasteiger partial charge in [-0.15, -0.1) is 0 Å². The van der Waals surface area contributed by atoms with Gasteiger partial charge in [0.05, 0.1) is 18.6 Å². The molecule has 0 spiro atoms. The van der Waals surface area contributed by atoms with E-state index in [4.69, 9.17) is 19.9 Å². The zero-order valence-electron chi connectivity index (χ0n) is 8.51. The molecule has 0 amide bonds. The molecule has 0 aliphatic carbocycles. The van der Waals surface area contributed by atoms with Gasteiger partial charge < -0.3 is 9.47 Å². The fourth-order valence-corrected chi connectivity index (χ4v) is 3.05. The standard InChI is InChI=1S/C7H13NO7S/c1-16(11,12)5-3-14-6-4(15-8(9)10)2-13-7(5)6/h4-7,9-10H,2-3H2,1H3/t4-,5+,6?,7?/m1/s1. The Morgan fingerprint density at radius 1 is 1.25 bits per heavy atom. The summed E-state index contributed by atoms with van der Waals surface area (Å²) in [6, 6.07) is 0. The van der Waals surface area contributed by atoms with E-state index in [0.717, 1.165) is 6.26 Å². The van der Waals surface area contributed by atoms with E-state index in [1.807, 2.05) is 0 Å². The molecule has 0 aromatic carbocycles. The number of hydrogen-bond donors (Lipinski definition) is 2. The second-order valence-electron chi connectivity index (χ2n) is 3.86. The van der Waals surface area contributed by atoms with Crippen molar-refractivity contribution in [1.82, 2.24) is 5.39 Å². The van der Waals surface area contributed by atoms with Crippen molar-refractivity contribution in [2.75, 3.05) is 19.5 Å². The van der Waals surface area contributed by atoms with Crippen LogP contribution in [0.3, 0.4) is 0 Å². The van der Waals surface area contributed by atoms with Crippen LogP contribution in [-0.4, -0.2) is 67.3 Å². The summed E-state index contributed by atoms with van der Waals surface area (Å²) >= 11 is 0. The Kier molecular flexibility index (Phi) is 3.18. The van der Waals surface area contributed by atoms with Crippen LogP contribution in [0, 0.1) is 0 Å². The van der Waals surface area contributed by atoms with Gasteiger partial charge in [0.1, 0.15) is 23.6 Å². The van der Waals surface area contributed by atoms with E-state index in [-0.39, 0.29) is 13.2 Å². The van der Waals surface area contributed by atoms with Crippen LogP contribution in [0.15, 0.2) is 0 Å². The number of nitrogens with zero attached hydrogens (tertiary/aromatic N) is 1. The van der Waals surface area contributed by atoms with Crippen LogP contribution >= 0.6 is 0 Å². The topological polar surface area (TPSA) is 106 Å². The van der Waals surface area contributed by atoms with Gasteiger partial charge in [-0.25, -0.2) is 13.3 Å². The molecule has 16 heavy (non-hydrogen) atoms. The van der Waals surface area contributed by atoms with Gasteiger partial charge in [-0.1, -0.05) is 0 Å². The number of ether oxygens (including phenoxy) is 2. The van der Waals surface area contributed by atoms with E-state index in [2.05, 4.69) is 4.84 Å². The maximum atomic E-state index is 11.4. The highest BCUT2D eigenvalue weighted by atomic mass is 32.2. The van der Waals surface area contributed by atoms with E-state index in [1.54, 1.807) is 0 Å². The monoisotopic (exact) mass is 255 g/mol. The molecule has 8 nitrogen and oxygen atoms in total. The summed E-state index contributed by atoms with van der Waals surface area (Å²) in [6.45, 7) is 0.0872. The Hall–Kier alpha value is -0.290. The molecule has 2 aliphatic rings. The second kappa shape index (κ2) is 4.18. The van der Waals surface area contributed by atoms with Gasteiger partial charge >= 0.3 is 0 Å². The first-order valence-corrected chi connectivity index (χ1v) is 6.62. The summed E-state index contributed by atoms with van der Waals surface area (Å²) in [5.41, 5.74) is 0. The summed E-state index contributed by atoms with van der Waals surface area (Å²) in [5.74, 6) is 0. The fraction of sp³-hybridized carbons (Fsp3) is 1.00. The SMILES string of the molecule is CS(=O)(=O)[C@H]1COC2C1OC[C@H]2ON(O)O. The molecular weight excluding hydrogens is 242 g/mol. The molecule has 2 N–H and O–H groups in total. The number of rotatable bonds is 3. The molecule has 4 atom stereocenters. The van der Waals surface area contributed by atoms with Crippen molar-refractivity contribution < 1.29 is 33.1 Å². The van der Waals surface area contributed by atoms with E-state index < -0.39 is 38.8 Å². The number of fused-ring (bicyclic) bond motifs is 1. The molecule has 2 aliphatic heterocycles. The minimum atomic E-state index is -3.25. The lowest BCUT2D eigenvalue weighted by atomic mass is 10.1. The lowest BCUT2D eigenvalue weighted by Gasteiger charge is -2.17. The van der Waals surface area contributed by atoms with Crippen LogP contribution in [0.5, 0.6) is 0 Å². The van der Waals surface area contributed by atoms with Crippen molar-refractivity contribution in [3.8, 4) is 0 Å².